The van der Waals surface area contributed by atoms with E-state index in [0.29, 0.717) is 5.56 Å². The Morgan fingerprint density at radius 2 is 2.04 bits per heavy atom. The molecule has 0 aliphatic carbocycles. The number of H-pyrrole nitrogens is 1. The van der Waals surface area contributed by atoms with Crippen molar-refractivity contribution in [3.05, 3.63) is 64.0 Å². The van der Waals surface area contributed by atoms with Gasteiger partial charge in [-0.3, -0.25) is 4.79 Å². The van der Waals surface area contributed by atoms with Crippen LogP contribution in [-0.4, -0.2) is 26.8 Å². The van der Waals surface area contributed by atoms with Gasteiger partial charge in [-0.15, -0.1) is 0 Å². The van der Waals surface area contributed by atoms with Crippen LogP contribution >= 0.6 is 0 Å². The predicted molar refractivity (Wildman–Crippen MR) is 88.3 cm³/mol. The smallest absolute Gasteiger partial charge is 0.406 e. The highest BCUT2D eigenvalue weighted by Crippen LogP contribution is 2.27. The Hall–Kier alpha value is -3.22. The molecule has 0 fully saturated rings. The molecule has 0 unspecified atom stereocenters. The van der Waals surface area contributed by atoms with Crippen molar-refractivity contribution in [2.24, 2.45) is 0 Å². The van der Waals surface area contributed by atoms with Gasteiger partial charge in [0.2, 0.25) is 11.5 Å². The van der Waals surface area contributed by atoms with Crippen molar-refractivity contribution in [2.75, 3.05) is 0 Å². The molecule has 0 bridgehead atoms. The second-order valence-corrected chi connectivity index (χ2v) is 5.38. The van der Waals surface area contributed by atoms with Crippen LogP contribution in [0.4, 0.5) is 5.82 Å². The summed E-state index contributed by atoms with van der Waals surface area (Å²) in [4.78, 5) is 30.0. The van der Waals surface area contributed by atoms with E-state index in [9.17, 15) is 14.9 Å². The van der Waals surface area contributed by atoms with Gasteiger partial charge in [0.05, 0.1) is 0 Å². The number of aromatic amines is 1. The Labute approximate surface area is 137 Å². The second-order valence-electron chi connectivity index (χ2n) is 5.38. The summed E-state index contributed by atoms with van der Waals surface area (Å²) in [6.45, 7) is 3.38. The molecule has 0 saturated heterocycles. The highest BCUT2D eigenvalue weighted by molar-refractivity contribution is 6.11. The summed E-state index contributed by atoms with van der Waals surface area (Å²) < 4.78 is 5.53. The molecular weight excluding hydrogens is 310 g/mol. The summed E-state index contributed by atoms with van der Waals surface area (Å²) in [5.74, 6) is -0.684. The van der Waals surface area contributed by atoms with Crippen LogP contribution in [0.15, 0.2) is 42.6 Å². The number of benzene rings is 1. The van der Waals surface area contributed by atoms with Crippen LogP contribution in [-0.2, 0) is 0 Å². The quantitative estimate of drug-likeness (QED) is 0.440. The largest absolute Gasteiger partial charge is 0.474 e. The molecule has 7 nitrogen and oxygen atoms in total. The first-order valence-corrected chi connectivity index (χ1v) is 7.36. The van der Waals surface area contributed by atoms with E-state index in [1.807, 2.05) is 31.2 Å². The predicted octanol–water partition coefficient (Wildman–Crippen LogP) is 3.43. The Balaban J connectivity index is 1.93. The summed E-state index contributed by atoms with van der Waals surface area (Å²) in [5.41, 5.74) is 2.12. The lowest BCUT2D eigenvalue weighted by atomic mass is 10.0. The average molecular weight is 325 g/mol. The van der Waals surface area contributed by atoms with Gasteiger partial charge in [0.1, 0.15) is 6.20 Å². The number of ketones is 1. The Bertz CT molecular complexity index is 932. The summed E-state index contributed by atoms with van der Waals surface area (Å²) in [5, 5.41) is 11.8. The van der Waals surface area contributed by atoms with Gasteiger partial charge in [-0.25, -0.2) is 0 Å². The number of aryl methyl sites for hydroxylation is 1. The molecule has 0 radical (unpaired) electrons. The zero-order valence-corrected chi connectivity index (χ0v) is 13.1. The molecule has 122 valence electrons. The van der Waals surface area contributed by atoms with Gasteiger partial charge in [0.25, 0.3) is 0 Å². The van der Waals surface area contributed by atoms with Crippen LogP contribution in [0.5, 0.6) is 5.75 Å². The molecule has 0 aliphatic heterocycles. The molecule has 3 rings (SSSR count). The molecule has 1 atom stereocenters. The topological polar surface area (TPSA) is 98.1 Å². The minimum absolute atomic E-state index is 0.0270. The van der Waals surface area contributed by atoms with E-state index in [4.69, 9.17) is 4.74 Å². The van der Waals surface area contributed by atoms with E-state index in [0.717, 1.165) is 16.6 Å². The van der Waals surface area contributed by atoms with Crippen molar-refractivity contribution in [1.82, 2.24) is 9.97 Å². The van der Waals surface area contributed by atoms with Crippen molar-refractivity contribution in [3.8, 4) is 5.75 Å². The molecule has 1 aromatic carbocycles. The molecule has 24 heavy (non-hydrogen) atoms. The van der Waals surface area contributed by atoms with Crippen LogP contribution in [0, 0.1) is 17.0 Å². The fraction of sp³-hybridized carbons (Fsp3) is 0.176. The van der Waals surface area contributed by atoms with Gasteiger partial charge in [-0.05, 0) is 42.0 Å². The van der Waals surface area contributed by atoms with Crippen LogP contribution in [0.1, 0.15) is 23.0 Å². The number of nitrogens with zero attached hydrogens (tertiary/aromatic N) is 2. The minimum atomic E-state index is -0.884. The molecule has 3 aromatic rings. The van der Waals surface area contributed by atoms with Gasteiger partial charge in [0, 0.05) is 22.2 Å². The molecule has 0 amide bonds. The standard InChI is InChI=1S/C17H15N3O4/c1-10-15(12-6-3-4-7-13(12)19-10)16(21)11(2)24-14-8-5-9-18-17(14)20(22)23/h3-9,11,19H,1-2H3/t11-/m1/s1. The molecule has 7 heteroatoms. The lowest BCUT2D eigenvalue weighted by molar-refractivity contribution is -0.390. The van der Waals surface area contributed by atoms with Gasteiger partial charge in [-0.1, -0.05) is 18.2 Å². The summed E-state index contributed by atoms with van der Waals surface area (Å²) in [7, 11) is 0. The minimum Gasteiger partial charge on any atom is -0.474 e. The first-order chi connectivity index (χ1) is 11.5. The molecule has 1 N–H and O–H groups in total. The van der Waals surface area contributed by atoms with E-state index in [1.54, 1.807) is 6.92 Å². The molecule has 2 heterocycles. The van der Waals surface area contributed by atoms with E-state index < -0.39 is 16.8 Å². The molecular formula is C17H15N3O4. The monoisotopic (exact) mass is 325 g/mol. The van der Waals surface area contributed by atoms with Crippen molar-refractivity contribution >= 4 is 22.5 Å². The van der Waals surface area contributed by atoms with Gasteiger partial charge >= 0.3 is 5.82 Å². The highest BCUT2D eigenvalue weighted by Gasteiger charge is 2.25. The third-order valence-corrected chi connectivity index (χ3v) is 3.74. The maximum absolute atomic E-state index is 12.8. The fourth-order valence-corrected chi connectivity index (χ4v) is 2.65. The van der Waals surface area contributed by atoms with Crippen molar-refractivity contribution < 1.29 is 14.5 Å². The number of aromatic nitrogens is 2. The van der Waals surface area contributed by atoms with Crippen LogP contribution in [0.25, 0.3) is 10.9 Å². The lowest BCUT2D eigenvalue weighted by Crippen LogP contribution is -2.24. The number of carbonyl (C=O) groups is 1. The maximum Gasteiger partial charge on any atom is 0.406 e. The number of fused-ring (bicyclic) bond motifs is 1. The lowest BCUT2D eigenvalue weighted by Gasteiger charge is -2.13. The molecule has 0 saturated carbocycles. The number of hydrogen-bond acceptors (Lipinski definition) is 5. The zero-order chi connectivity index (χ0) is 17.3. The van der Waals surface area contributed by atoms with E-state index >= 15 is 0 Å². The van der Waals surface area contributed by atoms with E-state index in [1.165, 1.54) is 18.3 Å². The molecule has 2 aromatic heterocycles. The highest BCUT2D eigenvalue weighted by atomic mass is 16.6. The zero-order valence-electron chi connectivity index (χ0n) is 13.1. The SMILES string of the molecule is Cc1[nH]c2ccccc2c1C(=O)[C@@H](C)Oc1cccnc1[N+](=O)[O-]. The van der Waals surface area contributed by atoms with E-state index in [2.05, 4.69) is 9.97 Å². The van der Waals surface area contributed by atoms with Gasteiger partial charge < -0.3 is 19.8 Å². The molecule has 0 spiro atoms. The Morgan fingerprint density at radius 1 is 1.29 bits per heavy atom. The van der Waals surface area contributed by atoms with Crippen molar-refractivity contribution in [2.45, 2.75) is 20.0 Å². The number of rotatable bonds is 5. The summed E-state index contributed by atoms with van der Waals surface area (Å²) in [6, 6.07) is 10.4. The number of nitrogens with one attached hydrogen (secondary N) is 1. The summed E-state index contributed by atoms with van der Waals surface area (Å²) >= 11 is 0. The third-order valence-electron chi connectivity index (χ3n) is 3.74. The number of pyridine rings is 1. The first-order valence-electron chi connectivity index (χ1n) is 7.36. The van der Waals surface area contributed by atoms with Gasteiger partial charge in [-0.2, -0.15) is 0 Å². The van der Waals surface area contributed by atoms with E-state index in [-0.39, 0.29) is 11.5 Å². The number of hydrogen-bond donors (Lipinski definition) is 1. The van der Waals surface area contributed by atoms with Gasteiger partial charge in [0.15, 0.2) is 6.10 Å². The van der Waals surface area contributed by atoms with Crippen LogP contribution < -0.4 is 4.74 Å². The summed E-state index contributed by atoms with van der Waals surface area (Å²) in [6.07, 6.45) is 0.423. The number of carbonyl (C=O) groups excluding carboxylic acids is 1. The fourth-order valence-electron chi connectivity index (χ4n) is 2.65. The van der Waals surface area contributed by atoms with Crippen molar-refractivity contribution in [3.63, 3.8) is 0 Å². The number of nitro groups is 1. The maximum atomic E-state index is 12.8. The third kappa shape index (κ3) is 2.71. The normalized spacial score (nSPS) is 12.1. The van der Waals surface area contributed by atoms with Crippen LogP contribution in [0.2, 0.25) is 0 Å². The number of ether oxygens (including phenoxy) is 1. The number of Topliss-reactive ketones (excluding diaryl/α,β-unsaturated/α-hetero) is 1. The van der Waals surface area contributed by atoms with Crippen molar-refractivity contribution in [1.29, 1.82) is 0 Å². The Kier molecular flexibility index (Phi) is 3.99. The Morgan fingerprint density at radius 3 is 2.79 bits per heavy atom. The second kappa shape index (κ2) is 6.11. The van der Waals surface area contributed by atoms with Crippen LogP contribution in [0.3, 0.4) is 0 Å². The number of para-hydroxylation sites is 1. The average Bonchev–Trinajstić information content (AvgIpc) is 2.90. The first kappa shape index (κ1) is 15.7. The molecule has 0 aliphatic rings.